The first-order valence-corrected chi connectivity index (χ1v) is 8.01. The molecule has 0 unspecified atom stereocenters. The number of halogens is 2. The van der Waals surface area contributed by atoms with Gasteiger partial charge in [-0.3, -0.25) is 4.79 Å². The zero-order chi connectivity index (χ0) is 16.3. The van der Waals surface area contributed by atoms with Crippen LogP contribution in [-0.2, 0) is 6.42 Å². The number of amides is 1. The first-order chi connectivity index (χ1) is 10.3. The van der Waals surface area contributed by atoms with Gasteiger partial charge in [0.05, 0.1) is 23.1 Å². The van der Waals surface area contributed by atoms with E-state index in [0.717, 1.165) is 15.9 Å². The number of benzene rings is 1. The molecule has 0 spiro atoms. The number of aromatic nitrogens is 2. The van der Waals surface area contributed by atoms with Crippen molar-refractivity contribution in [2.24, 2.45) is 5.73 Å². The van der Waals surface area contributed by atoms with Gasteiger partial charge in [-0.15, -0.1) is 12.4 Å². The van der Waals surface area contributed by atoms with Gasteiger partial charge in [0.15, 0.2) is 0 Å². The number of rotatable bonds is 5. The van der Waals surface area contributed by atoms with Crippen molar-refractivity contribution in [1.29, 1.82) is 0 Å². The molecule has 7 heteroatoms. The van der Waals surface area contributed by atoms with E-state index in [1.807, 2.05) is 45.0 Å². The Kier molecular flexibility index (Phi) is 6.80. The summed E-state index contributed by atoms with van der Waals surface area (Å²) < 4.78 is 2.80. The zero-order valence-corrected chi connectivity index (χ0v) is 15.9. The Bertz CT molecular complexity index is 662. The lowest BCUT2D eigenvalue weighted by Crippen LogP contribution is -2.45. The van der Waals surface area contributed by atoms with Crippen molar-refractivity contribution in [3.63, 3.8) is 0 Å². The normalized spacial score (nSPS) is 11.0. The van der Waals surface area contributed by atoms with Crippen molar-refractivity contribution in [1.82, 2.24) is 15.1 Å². The largest absolute Gasteiger partial charge is 0.350 e. The maximum atomic E-state index is 12.3. The van der Waals surface area contributed by atoms with Crippen LogP contribution in [0, 0.1) is 0 Å². The second-order valence-corrected chi connectivity index (χ2v) is 6.83. The van der Waals surface area contributed by atoms with Crippen LogP contribution in [0.4, 0.5) is 0 Å². The third-order valence-electron chi connectivity index (χ3n) is 3.22. The van der Waals surface area contributed by atoms with Crippen molar-refractivity contribution >= 4 is 34.2 Å². The van der Waals surface area contributed by atoms with Crippen molar-refractivity contribution < 1.29 is 4.79 Å². The zero-order valence-electron chi connectivity index (χ0n) is 13.5. The number of hydrogen-bond donors (Lipinski definition) is 2. The van der Waals surface area contributed by atoms with E-state index >= 15 is 0 Å². The molecular formula is C16H22BrClN4O. The fourth-order valence-electron chi connectivity index (χ4n) is 2.11. The van der Waals surface area contributed by atoms with Crippen LogP contribution in [0.3, 0.4) is 0 Å². The molecule has 0 aliphatic rings. The van der Waals surface area contributed by atoms with Crippen LogP contribution in [-0.4, -0.2) is 27.8 Å². The van der Waals surface area contributed by atoms with Crippen LogP contribution >= 0.6 is 28.3 Å². The maximum absolute atomic E-state index is 12.3. The molecule has 0 saturated carbocycles. The molecule has 0 aliphatic carbocycles. The van der Waals surface area contributed by atoms with Crippen LogP contribution < -0.4 is 11.1 Å². The van der Waals surface area contributed by atoms with Gasteiger partial charge in [-0.1, -0.05) is 22.9 Å². The Morgan fingerprint density at radius 3 is 2.48 bits per heavy atom. The SMILES string of the molecule is CCc1c(C(=O)NCC(C)(C)N)cnn1-c1ccc(Br)cc1.Cl. The highest BCUT2D eigenvalue weighted by atomic mass is 79.9. The summed E-state index contributed by atoms with van der Waals surface area (Å²) in [6.45, 7) is 6.17. The molecule has 0 atom stereocenters. The Labute approximate surface area is 151 Å². The number of nitrogens with zero attached hydrogens (tertiary/aromatic N) is 2. The third-order valence-corrected chi connectivity index (χ3v) is 3.75. The molecule has 0 saturated heterocycles. The minimum absolute atomic E-state index is 0. The Morgan fingerprint density at radius 2 is 1.96 bits per heavy atom. The topological polar surface area (TPSA) is 72.9 Å². The standard InChI is InChI=1S/C16H21BrN4O.ClH/c1-4-14-13(15(22)19-10-16(2,3)18)9-20-21(14)12-7-5-11(17)6-8-12;/h5-9H,4,10,18H2,1-3H3,(H,19,22);1H. The van der Waals surface area contributed by atoms with Gasteiger partial charge in [0.1, 0.15) is 0 Å². The summed E-state index contributed by atoms with van der Waals surface area (Å²) >= 11 is 3.42. The van der Waals surface area contributed by atoms with E-state index in [4.69, 9.17) is 5.73 Å². The second-order valence-electron chi connectivity index (χ2n) is 5.92. The third kappa shape index (κ3) is 5.06. The van der Waals surface area contributed by atoms with E-state index in [1.54, 1.807) is 10.9 Å². The lowest BCUT2D eigenvalue weighted by Gasteiger charge is -2.18. The van der Waals surface area contributed by atoms with Crippen molar-refractivity contribution in [2.45, 2.75) is 32.7 Å². The van der Waals surface area contributed by atoms with E-state index in [0.29, 0.717) is 18.5 Å². The number of hydrogen-bond acceptors (Lipinski definition) is 3. The Morgan fingerprint density at radius 1 is 1.35 bits per heavy atom. The summed E-state index contributed by atoms with van der Waals surface area (Å²) in [5.74, 6) is -0.140. The molecule has 3 N–H and O–H groups in total. The van der Waals surface area contributed by atoms with E-state index < -0.39 is 5.54 Å². The molecule has 126 valence electrons. The van der Waals surface area contributed by atoms with Gasteiger partial charge >= 0.3 is 0 Å². The Balaban J connectivity index is 0.00000264. The van der Waals surface area contributed by atoms with Gasteiger partial charge in [-0.05, 0) is 44.5 Å². The fourth-order valence-corrected chi connectivity index (χ4v) is 2.38. The summed E-state index contributed by atoms with van der Waals surface area (Å²) in [6.07, 6.45) is 2.32. The average Bonchev–Trinajstić information content (AvgIpc) is 2.88. The van der Waals surface area contributed by atoms with Crippen molar-refractivity contribution in [3.8, 4) is 5.69 Å². The molecule has 1 aromatic heterocycles. The summed E-state index contributed by atoms with van der Waals surface area (Å²) in [5.41, 5.74) is 7.87. The van der Waals surface area contributed by atoms with Crippen molar-refractivity contribution in [3.05, 3.63) is 46.2 Å². The van der Waals surface area contributed by atoms with Crippen LogP contribution in [0.5, 0.6) is 0 Å². The van der Waals surface area contributed by atoms with Gasteiger partial charge in [0, 0.05) is 16.6 Å². The highest BCUT2D eigenvalue weighted by Crippen LogP contribution is 2.18. The molecule has 1 amide bonds. The number of carbonyl (C=O) groups excluding carboxylic acids is 1. The minimum atomic E-state index is -0.441. The molecule has 0 radical (unpaired) electrons. The van der Waals surface area contributed by atoms with Gasteiger partial charge in [-0.25, -0.2) is 4.68 Å². The van der Waals surface area contributed by atoms with Crippen LogP contribution in [0.25, 0.3) is 5.69 Å². The molecule has 0 bridgehead atoms. The molecule has 1 aromatic carbocycles. The lowest BCUT2D eigenvalue weighted by atomic mass is 10.1. The van der Waals surface area contributed by atoms with Gasteiger partial charge in [0.25, 0.3) is 5.91 Å². The molecule has 0 aliphatic heterocycles. The highest BCUT2D eigenvalue weighted by Gasteiger charge is 2.19. The fraction of sp³-hybridized carbons (Fsp3) is 0.375. The average molecular weight is 402 g/mol. The number of carbonyl (C=O) groups is 1. The molecule has 2 aromatic rings. The highest BCUT2D eigenvalue weighted by molar-refractivity contribution is 9.10. The number of nitrogens with one attached hydrogen (secondary N) is 1. The van der Waals surface area contributed by atoms with Crippen LogP contribution in [0.2, 0.25) is 0 Å². The van der Waals surface area contributed by atoms with E-state index in [2.05, 4.69) is 26.3 Å². The molecule has 0 fully saturated rings. The number of nitrogens with two attached hydrogens (primary N) is 1. The first kappa shape index (κ1) is 19.7. The van der Waals surface area contributed by atoms with Gasteiger partial charge < -0.3 is 11.1 Å². The van der Waals surface area contributed by atoms with Crippen LogP contribution in [0.15, 0.2) is 34.9 Å². The molecular weight excluding hydrogens is 380 g/mol. The van der Waals surface area contributed by atoms with Gasteiger partial charge in [-0.2, -0.15) is 5.10 Å². The molecule has 23 heavy (non-hydrogen) atoms. The summed E-state index contributed by atoms with van der Waals surface area (Å²) in [5, 5.41) is 7.22. The lowest BCUT2D eigenvalue weighted by molar-refractivity contribution is 0.0945. The smallest absolute Gasteiger partial charge is 0.254 e. The van der Waals surface area contributed by atoms with Gasteiger partial charge in [0.2, 0.25) is 0 Å². The Hall–Kier alpha value is -1.37. The molecule has 2 rings (SSSR count). The van der Waals surface area contributed by atoms with E-state index in [-0.39, 0.29) is 18.3 Å². The minimum Gasteiger partial charge on any atom is -0.350 e. The molecule has 5 nitrogen and oxygen atoms in total. The van der Waals surface area contributed by atoms with E-state index in [1.165, 1.54) is 0 Å². The predicted octanol–water partition coefficient (Wildman–Crippen LogP) is 3.09. The quantitative estimate of drug-likeness (QED) is 0.808. The predicted molar refractivity (Wildman–Crippen MR) is 98.5 cm³/mol. The summed E-state index contributed by atoms with van der Waals surface area (Å²) in [4.78, 5) is 12.3. The first-order valence-electron chi connectivity index (χ1n) is 7.22. The van der Waals surface area contributed by atoms with Crippen molar-refractivity contribution in [2.75, 3.05) is 6.54 Å². The summed E-state index contributed by atoms with van der Waals surface area (Å²) in [7, 11) is 0. The maximum Gasteiger partial charge on any atom is 0.254 e. The summed E-state index contributed by atoms with van der Waals surface area (Å²) in [6, 6.07) is 7.82. The van der Waals surface area contributed by atoms with Crippen LogP contribution in [0.1, 0.15) is 36.8 Å². The second kappa shape index (κ2) is 7.95. The monoisotopic (exact) mass is 400 g/mol. The van der Waals surface area contributed by atoms with E-state index in [9.17, 15) is 4.79 Å². The molecule has 1 heterocycles.